The van der Waals surface area contributed by atoms with Crippen LogP contribution in [0, 0.1) is 0 Å². The minimum absolute atomic E-state index is 0.484. The summed E-state index contributed by atoms with van der Waals surface area (Å²) in [5.74, 6) is 0.905. The van der Waals surface area contributed by atoms with E-state index in [0.29, 0.717) is 12.6 Å². The number of aliphatic hydroxyl groups excluding tert-OH is 1. The van der Waals surface area contributed by atoms with Gasteiger partial charge in [-0.15, -0.1) is 0 Å². The molecule has 17 heavy (non-hydrogen) atoms. The Labute approximate surface area is 102 Å². The van der Waals surface area contributed by atoms with E-state index in [4.69, 9.17) is 4.74 Å². The van der Waals surface area contributed by atoms with Gasteiger partial charge in [0.15, 0.2) is 0 Å². The monoisotopic (exact) mass is 236 g/mol. The van der Waals surface area contributed by atoms with Crippen LogP contribution in [0.3, 0.4) is 0 Å². The second kappa shape index (κ2) is 5.47. The van der Waals surface area contributed by atoms with Gasteiger partial charge in [-0.3, -0.25) is 0 Å². The summed E-state index contributed by atoms with van der Waals surface area (Å²) in [6, 6.07) is 4.37. The molecule has 1 unspecified atom stereocenters. The molecule has 94 valence electrons. The highest BCUT2D eigenvalue weighted by molar-refractivity contribution is 5.49. The molecule has 0 radical (unpaired) electrons. The van der Waals surface area contributed by atoms with Crippen LogP contribution < -0.4 is 4.90 Å². The summed E-state index contributed by atoms with van der Waals surface area (Å²) in [5.41, 5.74) is 0.899. The molecule has 1 fully saturated rings. The molecular formula is C13H20N2O2. The number of hydrogen-bond donors (Lipinski definition) is 1. The smallest absolute Gasteiger partial charge is 0.134 e. The lowest BCUT2D eigenvalue weighted by atomic mass is 10.1. The number of aromatic nitrogens is 1. The zero-order valence-electron chi connectivity index (χ0n) is 10.5. The Morgan fingerprint density at radius 2 is 2.35 bits per heavy atom. The minimum atomic E-state index is -0.484. The molecular weight excluding hydrogens is 216 g/mol. The summed E-state index contributed by atoms with van der Waals surface area (Å²) >= 11 is 0. The average Bonchev–Trinajstić information content (AvgIpc) is 3.14. The average molecular weight is 236 g/mol. The van der Waals surface area contributed by atoms with Gasteiger partial charge in [0.2, 0.25) is 0 Å². The zero-order chi connectivity index (χ0) is 12.3. The number of pyridine rings is 1. The first-order valence-corrected chi connectivity index (χ1v) is 6.12. The molecule has 1 atom stereocenters. The van der Waals surface area contributed by atoms with Gasteiger partial charge in [0.1, 0.15) is 5.82 Å². The molecule has 2 rings (SSSR count). The second-order valence-corrected chi connectivity index (χ2v) is 4.51. The molecule has 0 amide bonds. The molecule has 1 aliphatic carbocycles. The number of hydrogen-bond acceptors (Lipinski definition) is 4. The maximum atomic E-state index is 9.78. The summed E-state index contributed by atoms with van der Waals surface area (Å²) in [5, 5.41) is 9.78. The van der Waals surface area contributed by atoms with Crippen LogP contribution >= 0.6 is 0 Å². The van der Waals surface area contributed by atoms with Crippen LogP contribution in [0.1, 0.15) is 31.4 Å². The molecule has 1 aromatic heterocycles. The Hall–Kier alpha value is -1.13. The third-order valence-corrected chi connectivity index (χ3v) is 3.06. The molecule has 4 nitrogen and oxygen atoms in total. The van der Waals surface area contributed by atoms with Crippen LogP contribution in [0.4, 0.5) is 5.82 Å². The van der Waals surface area contributed by atoms with Gasteiger partial charge in [0.05, 0.1) is 12.7 Å². The molecule has 1 aliphatic rings. The SMILES string of the molecule is COCCN(c1ncccc1C(C)O)C1CC1. The van der Waals surface area contributed by atoms with Crippen LogP contribution in [-0.4, -0.2) is 36.4 Å². The Kier molecular flexibility index (Phi) is 3.97. The lowest BCUT2D eigenvalue weighted by Gasteiger charge is -2.26. The standard InChI is InChI=1S/C13H20N2O2/c1-10(16)12-4-3-7-14-13(12)15(8-9-17-2)11-5-6-11/h3-4,7,10-11,16H,5-6,8-9H2,1-2H3. The molecule has 1 aromatic rings. The van der Waals surface area contributed by atoms with Crippen molar-refractivity contribution in [2.75, 3.05) is 25.2 Å². The predicted octanol–water partition coefficient (Wildman–Crippen LogP) is 1.75. The Morgan fingerprint density at radius 1 is 1.59 bits per heavy atom. The van der Waals surface area contributed by atoms with Crippen LogP contribution in [0.2, 0.25) is 0 Å². The van der Waals surface area contributed by atoms with Gasteiger partial charge in [0, 0.05) is 31.5 Å². The largest absolute Gasteiger partial charge is 0.389 e. The molecule has 0 aromatic carbocycles. The van der Waals surface area contributed by atoms with Crippen LogP contribution in [0.15, 0.2) is 18.3 Å². The van der Waals surface area contributed by atoms with Crippen molar-refractivity contribution in [3.05, 3.63) is 23.9 Å². The summed E-state index contributed by atoms with van der Waals surface area (Å²) in [6.45, 7) is 3.30. The van der Waals surface area contributed by atoms with E-state index in [2.05, 4.69) is 9.88 Å². The maximum absolute atomic E-state index is 9.78. The van der Waals surface area contributed by atoms with Gasteiger partial charge in [-0.05, 0) is 25.8 Å². The lowest BCUT2D eigenvalue weighted by Crippen LogP contribution is -2.31. The van der Waals surface area contributed by atoms with Crippen molar-refractivity contribution >= 4 is 5.82 Å². The van der Waals surface area contributed by atoms with Crippen molar-refractivity contribution in [2.24, 2.45) is 0 Å². The maximum Gasteiger partial charge on any atom is 0.134 e. The summed E-state index contributed by atoms with van der Waals surface area (Å²) in [7, 11) is 1.71. The van der Waals surface area contributed by atoms with E-state index in [1.165, 1.54) is 12.8 Å². The van der Waals surface area contributed by atoms with Crippen LogP contribution in [-0.2, 0) is 4.74 Å². The number of aliphatic hydroxyl groups is 1. The normalized spacial score (nSPS) is 16.9. The number of rotatable bonds is 6. The van der Waals surface area contributed by atoms with E-state index in [0.717, 1.165) is 17.9 Å². The molecule has 0 spiro atoms. The molecule has 1 N–H and O–H groups in total. The predicted molar refractivity (Wildman–Crippen MR) is 67.1 cm³/mol. The quantitative estimate of drug-likeness (QED) is 0.817. The third-order valence-electron chi connectivity index (χ3n) is 3.06. The lowest BCUT2D eigenvalue weighted by molar-refractivity contribution is 0.196. The molecule has 0 bridgehead atoms. The van der Waals surface area contributed by atoms with Crippen molar-refractivity contribution in [1.82, 2.24) is 4.98 Å². The Balaban J connectivity index is 2.22. The number of ether oxygens (including phenoxy) is 1. The summed E-state index contributed by atoms with van der Waals surface area (Å²) < 4.78 is 5.14. The van der Waals surface area contributed by atoms with Gasteiger partial charge in [-0.25, -0.2) is 4.98 Å². The second-order valence-electron chi connectivity index (χ2n) is 4.51. The van der Waals surface area contributed by atoms with E-state index in [9.17, 15) is 5.11 Å². The Bertz CT molecular complexity index is 364. The fourth-order valence-corrected chi connectivity index (χ4v) is 2.01. The van der Waals surface area contributed by atoms with Crippen molar-refractivity contribution in [3.63, 3.8) is 0 Å². The highest BCUT2D eigenvalue weighted by atomic mass is 16.5. The highest BCUT2D eigenvalue weighted by Crippen LogP contribution is 2.33. The van der Waals surface area contributed by atoms with Crippen LogP contribution in [0.25, 0.3) is 0 Å². The number of nitrogens with zero attached hydrogens (tertiary/aromatic N) is 2. The summed E-state index contributed by atoms with van der Waals surface area (Å²) in [4.78, 5) is 6.68. The van der Waals surface area contributed by atoms with E-state index >= 15 is 0 Å². The Morgan fingerprint density at radius 3 is 2.94 bits per heavy atom. The molecule has 0 aliphatic heterocycles. The van der Waals surface area contributed by atoms with Crippen molar-refractivity contribution in [1.29, 1.82) is 0 Å². The van der Waals surface area contributed by atoms with E-state index in [1.807, 2.05) is 12.1 Å². The van der Waals surface area contributed by atoms with Crippen molar-refractivity contribution in [2.45, 2.75) is 31.9 Å². The highest BCUT2D eigenvalue weighted by Gasteiger charge is 2.31. The fourth-order valence-electron chi connectivity index (χ4n) is 2.01. The van der Waals surface area contributed by atoms with Gasteiger partial charge in [-0.1, -0.05) is 6.07 Å². The first-order chi connectivity index (χ1) is 8.24. The van der Waals surface area contributed by atoms with E-state index < -0.39 is 6.10 Å². The van der Waals surface area contributed by atoms with Crippen LogP contribution in [0.5, 0.6) is 0 Å². The van der Waals surface area contributed by atoms with Gasteiger partial charge >= 0.3 is 0 Å². The van der Waals surface area contributed by atoms with Crippen molar-refractivity contribution in [3.8, 4) is 0 Å². The van der Waals surface area contributed by atoms with Crippen molar-refractivity contribution < 1.29 is 9.84 Å². The topological polar surface area (TPSA) is 45.6 Å². The molecule has 1 heterocycles. The molecule has 4 heteroatoms. The zero-order valence-corrected chi connectivity index (χ0v) is 10.5. The van der Waals surface area contributed by atoms with Gasteiger partial charge in [0.25, 0.3) is 0 Å². The summed E-state index contributed by atoms with van der Waals surface area (Å²) in [6.07, 6.45) is 3.71. The van der Waals surface area contributed by atoms with Gasteiger partial charge in [-0.2, -0.15) is 0 Å². The molecule has 1 saturated carbocycles. The minimum Gasteiger partial charge on any atom is -0.389 e. The van der Waals surface area contributed by atoms with Gasteiger partial charge < -0.3 is 14.7 Å². The molecule has 0 saturated heterocycles. The fraction of sp³-hybridized carbons (Fsp3) is 0.615. The number of anilines is 1. The third kappa shape index (κ3) is 2.96. The van der Waals surface area contributed by atoms with E-state index in [-0.39, 0.29) is 0 Å². The first kappa shape index (κ1) is 12.3. The number of methoxy groups -OCH3 is 1. The van der Waals surface area contributed by atoms with E-state index in [1.54, 1.807) is 20.2 Å². The first-order valence-electron chi connectivity index (χ1n) is 6.12.